The van der Waals surface area contributed by atoms with Crippen molar-refractivity contribution in [2.24, 2.45) is 0 Å². The van der Waals surface area contributed by atoms with Gasteiger partial charge in [0.1, 0.15) is 30.1 Å². The third-order valence-electron chi connectivity index (χ3n) is 2.98. The van der Waals surface area contributed by atoms with Gasteiger partial charge in [0.15, 0.2) is 5.78 Å². The van der Waals surface area contributed by atoms with Gasteiger partial charge < -0.3 is 9.84 Å². The SMILES string of the molecule is CC(=O)c1ccccc1OCC(O)c1ccc(F)cc1F. The molecule has 0 amide bonds. The van der Waals surface area contributed by atoms with Gasteiger partial charge in [0.25, 0.3) is 0 Å². The Labute approximate surface area is 120 Å². The Hall–Kier alpha value is -2.27. The first-order valence-corrected chi connectivity index (χ1v) is 6.35. The van der Waals surface area contributed by atoms with Gasteiger partial charge in [-0.05, 0) is 25.1 Å². The minimum Gasteiger partial charge on any atom is -0.490 e. The van der Waals surface area contributed by atoms with Crippen LogP contribution in [0.3, 0.4) is 0 Å². The number of ether oxygens (including phenoxy) is 1. The van der Waals surface area contributed by atoms with Gasteiger partial charge in [-0.15, -0.1) is 0 Å². The molecule has 2 aromatic carbocycles. The van der Waals surface area contributed by atoms with Gasteiger partial charge in [0.2, 0.25) is 0 Å². The van der Waals surface area contributed by atoms with Gasteiger partial charge in [0, 0.05) is 11.6 Å². The lowest BCUT2D eigenvalue weighted by Crippen LogP contribution is -2.12. The summed E-state index contributed by atoms with van der Waals surface area (Å²) in [6.45, 7) is 1.16. The normalized spacial score (nSPS) is 12.0. The fourth-order valence-electron chi connectivity index (χ4n) is 1.91. The molecule has 0 saturated carbocycles. The molecule has 0 heterocycles. The van der Waals surface area contributed by atoms with Crippen LogP contribution < -0.4 is 4.74 Å². The number of aliphatic hydroxyl groups is 1. The maximum absolute atomic E-state index is 13.5. The number of rotatable bonds is 5. The highest BCUT2D eigenvalue weighted by atomic mass is 19.1. The van der Waals surface area contributed by atoms with Crippen molar-refractivity contribution in [1.29, 1.82) is 0 Å². The summed E-state index contributed by atoms with van der Waals surface area (Å²) in [5.41, 5.74) is 0.320. The van der Waals surface area contributed by atoms with Gasteiger partial charge in [-0.25, -0.2) is 8.78 Å². The second-order valence-corrected chi connectivity index (χ2v) is 4.54. The molecule has 3 nitrogen and oxygen atoms in total. The summed E-state index contributed by atoms with van der Waals surface area (Å²) in [5.74, 6) is -1.42. The highest BCUT2D eigenvalue weighted by molar-refractivity contribution is 5.96. The topological polar surface area (TPSA) is 46.5 Å². The quantitative estimate of drug-likeness (QED) is 0.860. The van der Waals surface area contributed by atoms with Crippen molar-refractivity contribution in [3.8, 4) is 5.75 Å². The highest BCUT2D eigenvalue weighted by Crippen LogP contribution is 2.22. The van der Waals surface area contributed by atoms with E-state index in [1.807, 2.05) is 0 Å². The van der Waals surface area contributed by atoms with Gasteiger partial charge in [-0.3, -0.25) is 4.79 Å². The minimum atomic E-state index is -1.26. The standard InChI is InChI=1S/C16H14F2O3/c1-10(19)12-4-2-3-5-16(12)21-9-15(20)13-7-6-11(17)8-14(13)18/h2-8,15,20H,9H2,1H3. The number of para-hydroxylation sites is 1. The largest absolute Gasteiger partial charge is 0.490 e. The molecule has 0 fully saturated rings. The van der Waals surface area contributed by atoms with E-state index < -0.39 is 17.7 Å². The summed E-state index contributed by atoms with van der Waals surface area (Å²) in [6.07, 6.45) is -1.26. The number of Topliss-reactive ketones (excluding diaryl/α,β-unsaturated/α-hetero) is 1. The van der Waals surface area contributed by atoms with E-state index in [0.717, 1.165) is 12.1 Å². The summed E-state index contributed by atoms with van der Waals surface area (Å²) in [5, 5.41) is 9.91. The van der Waals surface area contributed by atoms with E-state index in [1.54, 1.807) is 24.3 Å². The van der Waals surface area contributed by atoms with Crippen LogP contribution >= 0.6 is 0 Å². The molecular formula is C16H14F2O3. The molecule has 1 unspecified atom stereocenters. The Morgan fingerprint density at radius 2 is 1.95 bits per heavy atom. The molecule has 0 radical (unpaired) electrons. The van der Waals surface area contributed by atoms with Crippen LogP contribution in [0.1, 0.15) is 28.9 Å². The summed E-state index contributed by atoms with van der Waals surface area (Å²) < 4.78 is 31.7. The van der Waals surface area contributed by atoms with Crippen LogP contribution in [0.5, 0.6) is 5.75 Å². The smallest absolute Gasteiger partial charge is 0.163 e. The average Bonchev–Trinajstić information content (AvgIpc) is 2.45. The van der Waals surface area contributed by atoms with Crippen LogP contribution in [-0.2, 0) is 0 Å². The van der Waals surface area contributed by atoms with E-state index >= 15 is 0 Å². The number of benzene rings is 2. The maximum Gasteiger partial charge on any atom is 0.163 e. The number of carbonyl (C=O) groups excluding carboxylic acids is 1. The van der Waals surface area contributed by atoms with E-state index in [-0.39, 0.29) is 18.0 Å². The number of aliphatic hydroxyl groups excluding tert-OH is 1. The molecule has 5 heteroatoms. The number of ketones is 1. The highest BCUT2D eigenvalue weighted by Gasteiger charge is 2.15. The molecular weight excluding hydrogens is 278 g/mol. The predicted octanol–water partition coefficient (Wildman–Crippen LogP) is 3.28. The Morgan fingerprint density at radius 1 is 1.24 bits per heavy atom. The van der Waals surface area contributed by atoms with E-state index in [0.29, 0.717) is 17.4 Å². The van der Waals surface area contributed by atoms with Crippen molar-refractivity contribution in [2.45, 2.75) is 13.0 Å². The van der Waals surface area contributed by atoms with Gasteiger partial charge in [-0.1, -0.05) is 18.2 Å². The lowest BCUT2D eigenvalue weighted by atomic mass is 10.1. The van der Waals surface area contributed by atoms with Gasteiger partial charge in [-0.2, -0.15) is 0 Å². The molecule has 0 saturated heterocycles. The number of halogens is 2. The third-order valence-corrected chi connectivity index (χ3v) is 2.98. The van der Waals surface area contributed by atoms with Gasteiger partial charge >= 0.3 is 0 Å². The van der Waals surface area contributed by atoms with Crippen molar-refractivity contribution >= 4 is 5.78 Å². The monoisotopic (exact) mass is 292 g/mol. The second kappa shape index (κ2) is 6.45. The first-order chi connectivity index (χ1) is 9.99. The zero-order chi connectivity index (χ0) is 15.4. The molecule has 1 atom stereocenters. The lowest BCUT2D eigenvalue weighted by Gasteiger charge is -2.15. The van der Waals surface area contributed by atoms with E-state index in [9.17, 15) is 18.7 Å². The molecule has 0 aliphatic rings. The first kappa shape index (κ1) is 15.1. The Kier molecular flexibility index (Phi) is 4.65. The Morgan fingerprint density at radius 3 is 2.62 bits per heavy atom. The van der Waals surface area contributed by atoms with Crippen molar-refractivity contribution < 1.29 is 23.4 Å². The molecule has 110 valence electrons. The average molecular weight is 292 g/mol. The van der Waals surface area contributed by atoms with Crippen LogP contribution in [0.2, 0.25) is 0 Å². The fraction of sp³-hybridized carbons (Fsp3) is 0.188. The Balaban J connectivity index is 2.11. The maximum atomic E-state index is 13.5. The van der Waals surface area contributed by atoms with Crippen molar-refractivity contribution in [1.82, 2.24) is 0 Å². The summed E-state index contributed by atoms with van der Waals surface area (Å²) in [4.78, 5) is 11.4. The molecule has 0 aromatic heterocycles. The lowest BCUT2D eigenvalue weighted by molar-refractivity contribution is 0.0967. The molecule has 21 heavy (non-hydrogen) atoms. The number of hydrogen-bond acceptors (Lipinski definition) is 3. The minimum absolute atomic E-state index is 0.0586. The van der Waals surface area contributed by atoms with Crippen LogP contribution in [0.25, 0.3) is 0 Å². The zero-order valence-electron chi connectivity index (χ0n) is 11.3. The zero-order valence-corrected chi connectivity index (χ0v) is 11.3. The van der Waals surface area contributed by atoms with E-state index in [2.05, 4.69) is 0 Å². The van der Waals surface area contributed by atoms with Gasteiger partial charge in [0.05, 0.1) is 5.56 Å². The van der Waals surface area contributed by atoms with Crippen LogP contribution in [0.15, 0.2) is 42.5 Å². The molecule has 0 bridgehead atoms. The molecule has 2 aromatic rings. The summed E-state index contributed by atoms with van der Waals surface area (Å²) >= 11 is 0. The second-order valence-electron chi connectivity index (χ2n) is 4.54. The first-order valence-electron chi connectivity index (χ1n) is 6.35. The predicted molar refractivity (Wildman–Crippen MR) is 73.3 cm³/mol. The number of hydrogen-bond donors (Lipinski definition) is 1. The fourth-order valence-corrected chi connectivity index (χ4v) is 1.91. The van der Waals surface area contributed by atoms with E-state index in [1.165, 1.54) is 6.92 Å². The molecule has 1 N–H and O–H groups in total. The summed E-state index contributed by atoms with van der Waals surface area (Å²) in [6, 6.07) is 9.49. The third kappa shape index (κ3) is 3.64. The molecule has 0 spiro atoms. The van der Waals surface area contributed by atoms with E-state index in [4.69, 9.17) is 4.74 Å². The van der Waals surface area contributed by atoms with Crippen LogP contribution in [0.4, 0.5) is 8.78 Å². The molecule has 0 aliphatic carbocycles. The number of carbonyl (C=O) groups is 1. The van der Waals surface area contributed by atoms with Crippen molar-refractivity contribution in [3.63, 3.8) is 0 Å². The Bertz CT molecular complexity index is 656. The van der Waals surface area contributed by atoms with Crippen LogP contribution in [-0.4, -0.2) is 17.5 Å². The van der Waals surface area contributed by atoms with Crippen molar-refractivity contribution in [2.75, 3.05) is 6.61 Å². The van der Waals surface area contributed by atoms with Crippen molar-refractivity contribution in [3.05, 3.63) is 65.2 Å². The molecule has 2 rings (SSSR count). The van der Waals surface area contributed by atoms with Crippen LogP contribution in [0, 0.1) is 11.6 Å². The molecule has 0 aliphatic heterocycles. The summed E-state index contributed by atoms with van der Waals surface area (Å²) in [7, 11) is 0.